The second-order valence-electron chi connectivity index (χ2n) is 3.89. The molecule has 0 heterocycles. The van der Waals surface area contributed by atoms with Gasteiger partial charge in [-0.05, 0) is 6.42 Å². The molecule has 0 saturated heterocycles. The SMILES string of the molecule is CCCCCCCCCCCC[S+].N. The summed E-state index contributed by atoms with van der Waals surface area (Å²) in [6.07, 6.45) is 14.0. The molecule has 0 rings (SSSR count). The van der Waals surface area contributed by atoms with Gasteiger partial charge < -0.3 is 6.15 Å². The Morgan fingerprint density at radius 2 is 1.00 bits per heavy atom. The Morgan fingerprint density at radius 3 is 1.36 bits per heavy atom. The highest BCUT2D eigenvalue weighted by molar-refractivity contribution is 7.58. The third kappa shape index (κ3) is 14.8. The van der Waals surface area contributed by atoms with Gasteiger partial charge >= 0.3 is 12.6 Å². The van der Waals surface area contributed by atoms with Crippen molar-refractivity contribution in [3.8, 4) is 0 Å². The highest BCUT2D eigenvalue weighted by Crippen LogP contribution is 2.10. The zero-order valence-corrected chi connectivity index (χ0v) is 10.7. The largest absolute Gasteiger partial charge is 0.516 e. The quantitative estimate of drug-likeness (QED) is 0.421. The molecule has 2 radical (unpaired) electrons. The summed E-state index contributed by atoms with van der Waals surface area (Å²) < 4.78 is 0. The Kier molecular flexibility index (Phi) is 18.8. The van der Waals surface area contributed by atoms with Crippen LogP contribution >= 0.6 is 0 Å². The highest BCUT2D eigenvalue weighted by atomic mass is 32.1. The number of unbranched alkanes of at least 4 members (excludes halogenated alkanes) is 9. The zero-order valence-electron chi connectivity index (χ0n) is 9.89. The van der Waals surface area contributed by atoms with Crippen LogP contribution in [-0.4, -0.2) is 5.75 Å². The first-order valence-corrected chi connectivity index (χ1v) is 6.57. The molecule has 0 atom stereocenters. The molecule has 0 saturated carbocycles. The van der Waals surface area contributed by atoms with Crippen LogP contribution in [0.5, 0.6) is 0 Å². The molecule has 0 aliphatic carbocycles. The Bertz CT molecular complexity index is 76.4. The zero-order chi connectivity index (χ0) is 9.78. The summed E-state index contributed by atoms with van der Waals surface area (Å²) in [7, 11) is 0. The standard InChI is InChI=1S/C12H25S.H3N/c1-2-3-4-5-6-7-8-9-10-11-12-13;/h2-12H2,1H3;1H3/q+1;. The molecule has 0 aliphatic heterocycles. The predicted octanol–water partition coefficient (Wildman–Crippen LogP) is 4.62. The normalized spacial score (nSPS) is 9.86. The molecule has 0 aromatic heterocycles. The Balaban J connectivity index is 0. The van der Waals surface area contributed by atoms with Gasteiger partial charge in [-0.25, -0.2) is 0 Å². The molecule has 1 nitrogen and oxygen atoms in total. The van der Waals surface area contributed by atoms with Crippen LogP contribution in [0.15, 0.2) is 0 Å². The molecule has 0 aromatic carbocycles. The van der Waals surface area contributed by atoms with E-state index in [4.69, 9.17) is 12.6 Å². The van der Waals surface area contributed by atoms with Crippen molar-refractivity contribution in [3.63, 3.8) is 0 Å². The number of rotatable bonds is 10. The third-order valence-corrected chi connectivity index (χ3v) is 2.79. The van der Waals surface area contributed by atoms with Crippen LogP contribution in [0.4, 0.5) is 0 Å². The van der Waals surface area contributed by atoms with Crippen LogP contribution in [0.1, 0.15) is 71.1 Å². The van der Waals surface area contributed by atoms with Crippen LogP contribution in [0.3, 0.4) is 0 Å². The van der Waals surface area contributed by atoms with Gasteiger partial charge in [0.05, 0.1) is 0 Å². The molecule has 14 heavy (non-hydrogen) atoms. The molecular weight excluding hydrogens is 190 g/mol. The molecule has 0 unspecified atom stereocenters. The van der Waals surface area contributed by atoms with Crippen molar-refractivity contribution < 1.29 is 0 Å². The minimum atomic E-state index is 0. The first-order chi connectivity index (χ1) is 6.41. The van der Waals surface area contributed by atoms with Crippen LogP contribution in [0.25, 0.3) is 0 Å². The molecule has 0 spiro atoms. The molecule has 0 fully saturated rings. The maximum Gasteiger partial charge on any atom is 0.516 e. The van der Waals surface area contributed by atoms with Crippen molar-refractivity contribution in [2.45, 2.75) is 71.1 Å². The lowest BCUT2D eigenvalue weighted by molar-refractivity contribution is 0.563. The Morgan fingerprint density at radius 1 is 0.643 bits per heavy atom. The van der Waals surface area contributed by atoms with Gasteiger partial charge in [0.1, 0.15) is 0 Å². The fourth-order valence-corrected chi connectivity index (χ4v) is 1.79. The van der Waals surface area contributed by atoms with E-state index in [0.717, 1.165) is 5.75 Å². The molecule has 0 aromatic rings. The van der Waals surface area contributed by atoms with Gasteiger partial charge in [-0.2, -0.15) is 0 Å². The summed E-state index contributed by atoms with van der Waals surface area (Å²) in [5.41, 5.74) is 0. The molecule has 2 heteroatoms. The molecular formula is C12H28NS+. The second kappa shape index (κ2) is 15.8. The lowest BCUT2D eigenvalue weighted by atomic mass is 10.1. The minimum Gasteiger partial charge on any atom is -0.344 e. The monoisotopic (exact) mass is 218 g/mol. The van der Waals surface area contributed by atoms with Gasteiger partial charge in [0.25, 0.3) is 0 Å². The van der Waals surface area contributed by atoms with Crippen LogP contribution in [-0.2, 0) is 12.6 Å². The van der Waals surface area contributed by atoms with E-state index in [1.807, 2.05) is 0 Å². The predicted molar refractivity (Wildman–Crippen MR) is 69.1 cm³/mol. The first kappa shape index (κ1) is 16.7. The lowest BCUT2D eigenvalue weighted by Gasteiger charge is -1.99. The van der Waals surface area contributed by atoms with Gasteiger partial charge in [0.2, 0.25) is 5.75 Å². The molecule has 3 N–H and O–H groups in total. The Labute approximate surface area is 96.0 Å². The summed E-state index contributed by atoms with van der Waals surface area (Å²) in [6.45, 7) is 2.27. The van der Waals surface area contributed by atoms with Crippen molar-refractivity contribution in [2.75, 3.05) is 5.75 Å². The van der Waals surface area contributed by atoms with Crippen LogP contribution in [0.2, 0.25) is 0 Å². The molecule has 86 valence electrons. The van der Waals surface area contributed by atoms with E-state index in [1.165, 1.54) is 64.2 Å². The average molecular weight is 218 g/mol. The number of hydrogen-bond donors (Lipinski definition) is 1. The fourth-order valence-electron chi connectivity index (χ4n) is 1.59. The van der Waals surface area contributed by atoms with E-state index in [2.05, 4.69) is 6.92 Å². The van der Waals surface area contributed by atoms with E-state index in [-0.39, 0.29) is 6.15 Å². The minimum absolute atomic E-state index is 0. The van der Waals surface area contributed by atoms with E-state index in [9.17, 15) is 0 Å². The summed E-state index contributed by atoms with van der Waals surface area (Å²) in [5.74, 6) is 0.955. The highest BCUT2D eigenvalue weighted by Gasteiger charge is 1.94. The fraction of sp³-hybridized carbons (Fsp3) is 1.00. The van der Waals surface area contributed by atoms with Gasteiger partial charge in [-0.1, -0.05) is 58.3 Å². The molecule has 0 bridgehead atoms. The maximum atomic E-state index is 4.90. The lowest BCUT2D eigenvalue weighted by Crippen LogP contribution is -1.83. The average Bonchev–Trinajstić information content (AvgIpc) is 2.16. The van der Waals surface area contributed by atoms with Gasteiger partial charge in [-0.3, -0.25) is 0 Å². The number of hydrogen-bond acceptors (Lipinski definition) is 1. The summed E-state index contributed by atoms with van der Waals surface area (Å²) in [4.78, 5) is 0. The van der Waals surface area contributed by atoms with Crippen molar-refractivity contribution in [2.24, 2.45) is 0 Å². The van der Waals surface area contributed by atoms with Crippen molar-refractivity contribution in [3.05, 3.63) is 0 Å². The van der Waals surface area contributed by atoms with Crippen molar-refractivity contribution in [1.29, 1.82) is 0 Å². The van der Waals surface area contributed by atoms with Gasteiger partial charge in [0.15, 0.2) is 0 Å². The van der Waals surface area contributed by atoms with Gasteiger partial charge in [0, 0.05) is 6.42 Å². The van der Waals surface area contributed by atoms with Crippen LogP contribution < -0.4 is 6.15 Å². The third-order valence-electron chi connectivity index (χ3n) is 2.50. The molecule has 0 amide bonds. The second-order valence-corrected chi connectivity index (χ2v) is 4.29. The smallest absolute Gasteiger partial charge is 0.344 e. The van der Waals surface area contributed by atoms with Gasteiger partial charge in [-0.15, -0.1) is 0 Å². The van der Waals surface area contributed by atoms with Crippen LogP contribution in [0, 0.1) is 0 Å². The molecule has 0 aliphatic rings. The van der Waals surface area contributed by atoms with E-state index >= 15 is 0 Å². The summed E-state index contributed by atoms with van der Waals surface area (Å²) >= 11 is 4.90. The summed E-state index contributed by atoms with van der Waals surface area (Å²) in [6, 6.07) is 0. The summed E-state index contributed by atoms with van der Waals surface area (Å²) in [5, 5.41) is 0. The topological polar surface area (TPSA) is 35.0 Å². The Hall–Kier alpha value is 0.310. The van der Waals surface area contributed by atoms with E-state index in [0.29, 0.717) is 0 Å². The van der Waals surface area contributed by atoms with Crippen molar-refractivity contribution in [1.82, 2.24) is 6.15 Å². The van der Waals surface area contributed by atoms with E-state index < -0.39 is 0 Å². The first-order valence-electron chi connectivity index (χ1n) is 6.00. The maximum absolute atomic E-state index is 4.90. The van der Waals surface area contributed by atoms with E-state index in [1.54, 1.807) is 0 Å². The van der Waals surface area contributed by atoms with Crippen molar-refractivity contribution >= 4 is 12.6 Å².